The second kappa shape index (κ2) is 7.25. The average Bonchev–Trinajstić information content (AvgIpc) is 3.10. The summed E-state index contributed by atoms with van der Waals surface area (Å²) in [6.07, 6.45) is 1.74. The van der Waals surface area contributed by atoms with Crippen LogP contribution in [0.1, 0.15) is 50.0 Å². The smallest absolute Gasteiger partial charge is 0.243 e. The molecule has 2 aromatic heterocycles. The van der Waals surface area contributed by atoms with Crippen LogP contribution in [0.2, 0.25) is 0 Å². The molecule has 1 aliphatic rings. The van der Waals surface area contributed by atoms with E-state index in [1.54, 1.807) is 0 Å². The standard InChI is InChI=1S/C17H26N6O/c1-5-14-11-16(19-13(4)18-14)23-9-7-22(8-10-23)12(3)17-20-15(6-2)21-24-17/h11-12H,5-10H2,1-4H3. The van der Waals surface area contributed by atoms with Gasteiger partial charge < -0.3 is 9.42 Å². The van der Waals surface area contributed by atoms with Crippen molar-refractivity contribution < 1.29 is 4.52 Å². The largest absolute Gasteiger partial charge is 0.354 e. The highest BCUT2D eigenvalue weighted by atomic mass is 16.5. The second-order valence-corrected chi connectivity index (χ2v) is 6.22. The van der Waals surface area contributed by atoms with E-state index in [1.165, 1.54) is 0 Å². The minimum atomic E-state index is 0.151. The molecule has 1 saturated heterocycles. The van der Waals surface area contributed by atoms with E-state index in [9.17, 15) is 0 Å². The Morgan fingerprint density at radius 1 is 1.08 bits per heavy atom. The van der Waals surface area contributed by atoms with E-state index in [0.29, 0.717) is 5.89 Å². The first kappa shape index (κ1) is 16.8. The second-order valence-electron chi connectivity index (χ2n) is 6.22. The van der Waals surface area contributed by atoms with Gasteiger partial charge in [0, 0.05) is 44.4 Å². The molecular weight excluding hydrogens is 304 g/mol. The summed E-state index contributed by atoms with van der Waals surface area (Å²) in [5.74, 6) is 3.38. The lowest BCUT2D eigenvalue weighted by atomic mass is 10.2. The third kappa shape index (κ3) is 3.56. The first-order valence-electron chi connectivity index (χ1n) is 8.76. The zero-order valence-corrected chi connectivity index (χ0v) is 15.0. The summed E-state index contributed by atoms with van der Waals surface area (Å²) >= 11 is 0. The number of hydrogen-bond donors (Lipinski definition) is 0. The molecule has 1 atom stereocenters. The van der Waals surface area contributed by atoms with Crippen molar-refractivity contribution in [2.24, 2.45) is 0 Å². The molecule has 0 N–H and O–H groups in total. The van der Waals surface area contributed by atoms with Crippen molar-refractivity contribution in [1.29, 1.82) is 0 Å². The third-order valence-corrected chi connectivity index (χ3v) is 4.58. The number of aryl methyl sites for hydroxylation is 3. The Morgan fingerprint density at radius 3 is 2.46 bits per heavy atom. The maximum Gasteiger partial charge on any atom is 0.243 e. The van der Waals surface area contributed by atoms with Crippen molar-refractivity contribution in [3.8, 4) is 0 Å². The van der Waals surface area contributed by atoms with Crippen molar-refractivity contribution in [1.82, 2.24) is 25.0 Å². The fraction of sp³-hybridized carbons (Fsp3) is 0.647. The molecule has 7 nitrogen and oxygen atoms in total. The minimum absolute atomic E-state index is 0.151. The van der Waals surface area contributed by atoms with Gasteiger partial charge in [-0.15, -0.1) is 0 Å². The Balaban J connectivity index is 1.64. The lowest BCUT2D eigenvalue weighted by Gasteiger charge is -2.37. The number of piperazine rings is 1. The van der Waals surface area contributed by atoms with E-state index in [4.69, 9.17) is 4.52 Å². The van der Waals surface area contributed by atoms with Crippen molar-refractivity contribution >= 4 is 5.82 Å². The maximum absolute atomic E-state index is 5.39. The molecule has 0 radical (unpaired) electrons. The predicted molar refractivity (Wildman–Crippen MR) is 92.0 cm³/mol. The van der Waals surface area contributed by atoms with Gasteiger partial charge in [-0.3, -0.25) is 4.90 Å². The number of hydrogen-bond acceptors (Lipinski definition) is 7. The maximum atomic E-state index is 5.39. The lowest BCUT2D eigenvalue weighted by Crippen LogP contribution is -2.47. The zero-order valence-electron chi connectivity index (χ0n) is 15.0. The summed E-state index contributed by atoms with van der Waals surface area (Å²) < 4.78 is 5.39. The van der Waals surface area contributed by atoms with E-state index in [2.05, 4.69) is 49.8 Å². The van der Waals surface area contributed by atoms with Gasteiger partial charge in [0.05, 0.1) is 6.04 Å². The molecule has 0 aromatic carbocycles. The first-order chi connectivity index (χ1) is 11.6. The van der Waals surface area contributed by atoms with Crippen LogP contribution < -0.4 is 4.90 Å². The molecule has 1 fully saturated rings. The van der Waals surface area contributed by atoms with Gasteiger partial charge >= 0.3 is 0 Å². The molecule has 3 rings (SSSR count). The quantitative estimate of drug-likeness (QED) is 0.832. The molecule has 0 aliphatic carbocycles. The van der Waals surface area contributed by atoms with E-state index < -0.39 is 0 Å². The average molecular weight is 330 g/mol. The van der Waals surface area contributed by atoms with Crippen LogP contribution in [0, 0.1) is 6.92 Å². The molecule has 2 aromatic rings. The van der Waals surface area contributed by atoms with E-state index >= 15 is 0 Å². The molecule has 0 spiro atoms. The van der Waals surface area contributed by atoms with Crippen molar-refractivity contribution in [2.45, 2.75) is 46.6 Å². The summed E-state index contributed by atoms with van der Waals surface area (Å²) in [4.78, 5) is 18.3. The molecule has 130 valence electrons. The molecule has 24 heavy (non-hydrogen) atoms. The van der Waals surface area contributed by atoms with Crippen LogP contribution >= 0.6 is 0 Å². The Kier molecular flexibility index (Phi) is 5.08. The highest BCUT2D eigenvalue weighted by Crippen LogP contribution is 2.22. The molecule has 3 heterocycles. The Morgan fingerprint density at radius 2 is 1.83 bits per heavy atom. The van der Waals surface area contributed by atoms with Gasteiger partial charge in [-0.25, -0.2) is 9.97 Å². The SMILES string of the molecule is CCc1cc(N2CCN(C(C)c3nc(CC)no3)CC2)nc(C)n1. The first-order valence-corrected chi connectivity index (χ1v) is 8.76. The molecule has 0 amide bonds. The molecule has 1 aliphatic heterocycles. The Labute approximate surface area is 143 Å². The predicted octanol–water partition coefficient (Wildman–Crippen LogP) is 2.18. The number of anilines is 1. The summed E-state index contributed by atoms with van der Waals surface area (Å²) in [6.45, 7) is 12.0. The van der Waals surface area contributed by atoms with Gasteiger partial charge in [-0.1, -0.05) is 19.0 Å². The van der Waals surface area contributed by atoms with Gasteiger partial charge in [-0.05, 0) is 20.3 Å². The monoisotopic (exact) mass is 330 g/mol. The van der Waals surface area contributed by atoms with E-state index in [0.717, 1.165) is 62.2 Å². The Hall–Kier alpha value is -2.02. The van der Waals surface area contributed by atoms with Crippen LogP contribution in [0.15, 0.2) is 10.6 Å². The zero-order chi connectivity index (χ0) is 17.1. The van der Waals surface area contributed by atoms with E-state index in [1.807, 2.05) is 13.8 Å². The fourth-order valence-electron chi connectivity index (χ4n) is 3.03. The van der Waals surface area contributed by atoms with Gasteiger partial charge in [-0.2, -0.15) is 4.98 Å². The van der Waals surface area contributed by atoms with Gasteiger partial charge in [0.1, 0.15) is 11.6 Å². The van der Waals surface area contributed by atoms with Crippen molar-refractivity contribution in [2.75, 3.05) is 31.1 Å². The van der Waals surface area contributed by atoms with E-state index in [-0.39, 0.29) is 6.04 Å². The lowest BCUT2D eigenvalue weighted by molar-refractivity contribution is 0.164. The number of rotatable bonds is 5. The number of aromatic nitrogens is 4. The molecule has 0 bridgehead atoms. The summed E-state index contributed by atoms with van der Waals surface area (Å²) in [7, 11) is 0. The summed E-state index contributed by atoms with van der Waals surface area (Å²) in [6, 6.07) is 2.26. The highest BCUT2D eigenvalue weighted by molar-refractivity contribution is 5.40. The minimum Gasteiger partial charge on any atom is -0.354 e. The fourth-order valence-corrected chi connectivity index (χ4v) is 3.03. The molecule has 0 saturated carbocycles. The summed E-state index contributed by atoms with van der Waals surface area (Å²) in [5, 5.41) is 4.00. The normalized spacial score (nSPS) is 17.2. The Bertz CT molecular complexity index is 677. The van der Waals surface area contributed by atoms with Crippen LogP contribution in [0.4, 0.5) is 5.82 Å². The van der Waals surface area contributed by atoms with Crippen molar-refractivity contribution in [3.63, 3.8) is 0 Å². The molecule has 1 unspecified atom stereocenters. The van der Waals surface area contributed by atoms with Gasteiger partial charge in [0.25, 0.3) is 0 Å². The third-order valence-electron chi connectivity index (χ3n) is 4.58. The molecular formula is C17H26N6O. The van der Waals surface area contributed by atoms with Crippen LogP contribution in [0.5, 0.6) is 0 Å². The van der Waals surface area contributed by atoms with Crippen molar-refractivity contribution in [3.05, 3.63) is 29.3 Å². The van der Waals surface area contributed by atoms with Crippen LogP contribution in [0.3, 0.4) is 0 Å². The summed E-state index contributed by atoms with van der Waals surface area (Å²) in [5.41, 5.74) is 1.10. The van der Waals surface area contributed by atoms with Gasteiger partial charge in [0.2, 0.25) is 5.89 Å². The molecule has 7 heteroatoms. The van der Waals surface area contributed by atoms with Crippen LogP contribution in [0.25, 0.3) is 0 Å². The van der Waals surface area contributed by atoms with Crippen LogP contribution in [-0.4, -0.2) is 51.2 Å². The van der Waals surface area contributed by atoms with Crippen LogP contribution in [-0.2, 0) is 12.8 Å². The topological polar surface area (TPSA) is 71.2 Å². The van der Waals surface area contributed by atoms with Gasteiger partial charge in [0.15, 0.2) is 5.82 Å². The highest BCUT2D eigenvalue weighted by Gasteiger charge is 2.26. The number of nitrogens with zero attached hydrogens (tertiary/aromatic N) is 6.